The van der Waals surface area contributed by atoms with Crippen LogP contribution in [-0.4, -0.2) is 61.7 Å². The second-order valence-electron chi connectivity index (χ2n) is 6.82. The number of nitrogens with one attached hydrogen (secondary N) is 1. The van der Waals surface area contributed by atoms with Crippen LogP contribution in [0.15, 0.2) is 0 Å². The van der Waals surface area contributed by atoms with Gasteiger partial charge < -0.3 is 15.1 Å². The van der Waals surface area contributed by atoms with E-state index in [1.165, 1.54) is 58.7 Å². The molecule has 17 heavy (non-hydrogen) atoms. The van der Waals surface area contributed by atoms with Gasteiger partial charge in [0, 0.05) is 38.8 Å². The largest absolute Gasteiger partial charge is 0.316 e. The van der Waals surface area contributed by atoms with Gasteiger partial charge in [0.05, 0.1) is 0 Å². The van der Waals surface area contributed by atoms with Gasteiger partial charge in [0.2, 0.25) is 0 Å². The highest BCUT2D eigenvalue weighted by Gasteiger charge is 2.44. The number of likely N-dealkylation sites (tertiary alicyclic amines) is 2. The van der Waals surface area contributed by atoms with E-state index in [0.29, 0.717) is 5.41 Å². The summed E-state index contributed by atoms with van der Waals surface area (Å²) in [7, 11) is 0. The van der Waals surface area contributed by atoms with Crippen LogP contribution in [0.2, 0.25) is 0 Å². The standard InChI is InChI=1S/C14H27N3/c1-12(2)17-6-4-14(11-17)3-5-16(10-14)9-13-7-15-8-13/h12-13,15H,3-11H2,1-2H3. The smallest absolute Gasteiger partial charge is 0.00539 e. The Morgan fingerprint density at radius 3 is 2.53 bits per heavy atom. The van der Waals surface area contributed by atoms with Crippen molar-refractivity contribution in [3.8, 4) is 0 Å². The van der Waals surface area contributed by atoms with Crippen LogP contribution in [0, 0.1) is 11.3 Å². The van der Waals surface area contributed by atoms with Crippen LogP contribution >= 0.6 is 0 Å². The van der Waals surface area contributed by atoms with Gasteiger partial charge in [0.1, 0.15) is 0 Å². The highest BCUT2D eigenvalue weighted by molar-refractivity contribution is 4.98. The molecule has 0 aromatic carbocycles. The number of hydrogen-bond acceptors (Lipinski definition) is 3. The molecule has 1 atom stereocenters. The van der Waals surface area contributed by atoms with Crippen LogP contribution in [0.5, 0.6) is 0 Å². The van der Waals surface area contributed by atoms with Gasteiger partial charge in [0.15, 0.2) is 0 Å². The first-order valence-corrected chi connectivity index (χ1v) is 7.34. The summed E-state index contributed by atoms with van der Waals surface area (Å²) in [5, 5.41) is 3.38. The second-order valence-corrected chi connectivity index (χ2v) is 6.82. The third-order valence-electron chi connectivity index (χ3n) is 5.10. The molecule has 3 aliphatic heterocycles. The van der Waals surface area contributed by atoms with E-state index in [0.717, 1.165) is 12.0 Å². The first-order valence-electron chi connectivity index (χ1n) is 7.34. The Labute approximate surface area is 106 Å². The van der Waals surface area contributed by atoms with Crippen LogP contribution < -0.4 is 5.32 Å². The van der Waals surface area contributed by atoms with Crippen molar-refractivity contribution < 1.29 is 0 Å². The van der Waals surface area contributed by atoms with Crippen LogP contribution in [0.25, 0.3) is 0 Å². The summed E-state index contributed by atoms with van der Waals surface area (Å²) in [4.78, 5) is 5.41. The molecule has 3 aliphatic rings. The SMILES string of the molecule is CC(C)N1CCC2(CCN(CC3CNC3)C2)C1. The lowest BCUT2D eigenvalue weighted by atomic mass is 9.86. The zero-order valence-corrected chi connectivity index (χ0v) is 11.4. The van der Waals surface area contributed by atoms with Gasteiger partial charge in [-0.25, -0.2) is 0 Å². The molecule has 0 radical (unpaired) electrons. The van der Waals surface area contributed by atoms with E-state index in [1.54, 1.807) is 0 Å². The summed E-state index contributed by atoms with van der Waals surface area (Å²) in [6.45, 7) is 13.9. The maximum atomic E-state index is 3.38. The van der Waals surface area contributed by atoms with E-state index in [1.807, 2.05) is 0 Å². The predicted octanol–water partition coefficient (Wildman–Crippen LogP) is 1.01. The first kappa shape index (κ1) is 11.9. The van der Waals surface area contributed by atoms with Gasteiger partial charge in [-0.3, -0.25) is 0 Å². The summed E-state index contributed by atoms with van der Waals surface area (Å²) in [5.41, 5.74) is 0.654. The minimum Gasteiger partial charge on any atom is -0.316 e. The molecule has 0 aromatic heterocycles. The van der Waals surface area contributed by atoms with E-state index in [2.05, 4.69) is 29.0 Å². The highest BCUT2D eigenvalue weighted by atomic mass is 15.2. The lowest BCUT2D eigenvalue weighted by Gasteiger charge is -2.32. The van der Waals surface area contributed by atoms with Crippen LogP contribution in [0.3, 0.4) is 0 Å². The van der Waals surface area contributed by atoms with E-state index >= 15 is 0 Å². The molecule has 98 valence electrons. The van der Waals surface area contributed by atoms with E-state index in [-0.39, 0.29) is 0 Å². The normalized spacial score (nSPS) is 36.2. The van der Waals surface area contributed by atoms with Crippen molar-refractivity contribution in [1.82, 2.24) is 15.1 Å². The Balaban J connectivity index is 1.52. The van der Waals surface area contributed by atoms with Crippen molar-refractivity contribution in [3.05, 3.63) is 0 Å². The minimum absolute atomic E-state index is 0.654. The third-order valence-corrected chi connectivity index (χ3v) is 5.10. The topological polar surface area (TPSA) is 18.5 Å². The zero-order valence-electron chi connectivity index (χ0n) is 11.4. The lowest BCUT2D eigenvalue weighted by molar-refractivity contribution is 0.188. The van der Waals surface area contributed by atoms with Gasteiger partial charge in [-0.05, 0) is 51.1 Å². The third kappa shape index (κ3) is 2.38. The van der Waals surface area contributed by atoms with Crippen molar-refractivity contribution in [1.29, 1.82) is 0 Å². The molecule has 0 bridgehead atoms. The molecule has 3 heterocycles. The van der Waals surface area contributed by atoms with Crippen LogP contribution in [0.1, 0.15) is 26.7 Å². The van der Waals surface area contributed by atoms with Gasteiger partial charge in [-0.2, -0.15) is 0 Å². The van der Waals surface area contributed by atoms with E-state index < -0.39 is 0 Å². The first-order chi connectivity index (χ1) is 8.17. The van der Waals surface area contributed by atoms with Crippen molar-refractivity contribution in [2.24, 2.45) is 11.3 Å². The van der Waals surface area contributed by atoms with E-state index in [9.17, 15) is 0 Å². The second kappa shape index (κ2) is 4.52. The average molecular weight is 237 g/mol. The maximum absolute atomic E-state index is 3.38. The maximum Gasteiger partial charge on any atom is 0.00539 e. The molecular weight excluding hydrogens is 210 g/mol. The van der Waals surface area contributed by atoms with Gasteiger partial charge >= 0.3 is 0 Å². The Bertz CT molecular complexity index is 275. The van der Waals surface area contributed by atoms with Gasteiger partial charge in [0.25, 0.3) is 0 Å². The number of nitrogens with zero attached hydrogens (tertiary/aromatic N) is 2. The summed E-state index contributed by atoms with van der Waals surface area (Å²) in [6.07, 6.45) is 2.88. The van der Waals surface area contributed by atoms with Crippen molar-refractivity contribution >= 4 is 0 Å². The Morgan fingerprint density at radius 1 is 1.18 bits per heavy atom. The molecule has 0 saturated carbocycles. The Kier molecular flexibility index (Phi) is 3.18. The molecule has 1 N–H and O–H groups in total. The van der Waals surface area contributed by atoms with Gasteiger partial charge in [-0.1, -0.05) is 0 Å². The van der Waals surface area contributed by atoms with Crippen molar-refractivity contribution in [3.63, 3.8) is 0 Å². The van der Waals surface area contributed by atoms with Crippen molar-refractivity contribution in [2.45, 2.75) is 32.7 Å². The summed E-state index contributed by atoms with van der Waals surface area (Å²) in [5.74, 6) is 0.938. The van der Waals surface area contributed by atoms with Gasteiger partial charge in [-0.15, -0.1) is 0 Å². The zero-order chi connectivity index (χ0) is 11.9. The fourth-order valence-corrected chi connectivity index (χ4v) is 3.77. The van der Waals surface area contributed by atoms with Crippen LogP contribution in [-0.2, 0) is 0 Å². The number of rotatable bonds is 3. The minimum atomic E-state index is 0.654. The van der Waals surface area contributed by atoms with E-state index in [4.69, 9.17) is 0 Å². The molecule has 3 nitrogen and oxygen atoms in total. The summed E-state index contributed by atoms with van der Waals surface area (Å²) >= 11 is 0. The molecule has 0 amide bonds. The van der Waals surface area contributed by atoms with Crippen LogP contribution in [0.4, 0.5) is 0 Å². The predicted molar refractivity (Wildman–Crippen MR) is 71.2 cm³/mol. The Hall–Kier alpha value is -0.120. The summed E-state index contributed by atoms with van der Waals surface area (Å²) in [6, 6.07) is 0.735. The monoisotopic (exact) mass is 237 g/mol. The Morgan fingerprint density at radius 2 is 1.94 bits per heavy atom. The molecule has 3 heteroatoms. The number of hydrogen-bond donors (Lipinski definition) is 1. The molecule has 3 rings (SSSR count). The fourth-order valence-electron chi connectivity index (χ4n) is 3.77. The average Bonchev–Trinajstić information content (AvgIpc) is 2.81. The molecule has 3 saturated heterocycles. The lowest BCUT2D eigenvalue weighted by Crippen LogP contribution is -2.48. The molecule has 1 spiro atoms. The molecule has 1 unspecified atom stereocenters. The fraction of sp³-hybridized carbons (Fsp3) is 1.00. The quantitative estimate of drug-likeness (QED) is 0.790. The molecule has 0 aliphatic carbocycles. The highest BCUT2D eigenvalue weighted by Crippen LogP contribution is 2.40. The summed E-state index contributed by atoms with van der Waals surface area (Å²) < 4.78 is 0. The molecular formula is C14H27N3. The molecule has 3 fully saturated rings. The van der Waals surface area contributed by atoms with Crippen molar-refractivity contribution in [2.75, 3.05) is 45.8 Å². The molecule has 0 aromatic rings.